The Hall–Kier alpha value is -3.14. The second-order valence-corrected chi connectivity index (χ2v) is 8.50. The molecule has 0 N–H and O–H groups in total. The number of anilines is 2. The number of rotatable bonds is 13. The van der Waals surface area contributed by atoms with E-state index < -0.39 is 0 Å². The van der Waals surface area contributed by atoms with E-state index in [1.807, 2.05) is 13.0 Å². The average Bonchev–Trinajstić information content (AvgIpc) is 2.89. The summed E-state index contributed by atoms with van der Waals surface area (Å²) >= 11 is 0. The Morgan fingerprint density at radius 3 is 1.69 bits per heavy atom. The standard InChI is InChI=1S/C31H42N2O2/c1-7-32(8-2)25-19-17-24(18-20-25)31(27-15-13-14-16-29(27)34-11-5)28-22-21-26(33(9-3)10-4)23-30(28)35-12-6/h13-23,31H,7-12H2,1-6H3. The van der Waals surface area contributed by atoms with Crippen molar-refractivity contribution in [2.24, 2.45) is 0 Å². The first-order valence-corrected chi connectivity index (χ1v) is 13.2. The monoisotopic (exact) mass is 474 g/mol. The number of benzene rings is 3. The van der Waals surface area contributed by atoms with Crippen molar-refractivity contribution >= 4 is 11.4 Å². The molecule has 0 spiro atoms. The SMILES string of the molecule is CCOc1ccccc1C(c1ccc(N(CC)CC)cc1)c1ccc(N(CC)CC)cc1OCC. The molecule has 1 unspecified atom stereocenters. The smallest absolute Gasteiger partial charge is 0.125 e. The average molecular weight is 475 g/mol. The van der Waals surface area contributed by atoms with E-state index in [0.29, 0.717) is 13.2 Å². The summed E-state index contributed by atoms with van der Waals surface area (Å²) in [5.74, 6) is 1.85. The van der Waals surface area contributed by atoms with Gasteiger partial charge in [0.25, 0.3) is 0 Å². The fourth-order valence-corrected chi connectivity index (χ4v) is 4.83. The van der Waals surface area contributed by atoms with Gasteiger partial charge in [0.15, 0.2) is 0 Å². The molecule has 4 nitrogen and oxygen atoms in total. The molecular formula is C31H42N2O2. The molecule has 3 aromatic rings. The molecule has 0 fully saturated rings. The van der Waals surface area contributed by atoms with E-state index in [0.717, 1.165) is 48.8 Å². The highest BCUT2D eigenvalue weighted by Gasteiger charge is 2.25. The molecule has 0 bridgehead atoms. The van der Waals surface area contributed by atoms with E-state index in [2.05, 4.69) is 105 Å². The number of ether oxygens (including phenoxy) is 2. The minimum atomic E-state index is -0.00388. The molecule has 188 valence electrons. The first-order valence-electron chi connectivity index (χ1n) is 13.2. The van der Waals surface area contributed by atoms with Crippen LogP contribution in [0.15, 0.2) is 66.7 Å². The van der Waals surface area contributed by atoms with Gasteiger partial charge in [0.1, 0.15) is 11.5 Å². The Balaban J connectivity index is 2.19. The second kappa shape index (κ2) is 13.1. The maximum absolute atomic E-state index is 6.26. The molecule has 35 heavy (non-hydrogen) atoms. The number of hydrogen-bond acceptors (Lipinski definition) is 4. The molecule has 0 aliphatic heterocycles. The molecule has 0 amide bonds. The highest BCUT2D eigenvalue weighted by molar-refractivity contribution is 5.60. The lowest BCUT2D eigenvalue weighted by Crippen LogP contribution is -2.22. The summed E-state index contributed by atoms with van der Waals surface area (Å²) in [5, 5.41) is 0. The van der Waals surface area contributed by atoms with Crippen LogP contribution in [0.25, 0.3) is 0 Å². The lowest BCUT2D eigenvalue weighted by molar-refractivity contribution is 0.331. The van der Waals surface area contributed by atoms with Gasteiger partial charge in [-0.3, -0.25) is 0 Å². The molecule has 0 saturated heterocycles. The van der Waals surface area contributed by atoms with Gasteiger partial charge in [0, 0.05) is 60.7 Å². The minimum Gasteiger partial charge on any atom is -0.494 e. The van der Waals surface area contributed by atoms with E-state index in [1.165, 1.54) is 16.9 Å². The fraction of sp³-hybridized carbons (Fsp3) is 0.419. The summed E-state index contributed by atoms with van der Waals surface area (Å²) < 4.78 is 12.4. The van der Waals surface area contributed by atoms with Crippen LogP contribution >= 0.6 is 0 Å². The topological polar surface area (TPSA) is 24.9 Å². The van der Waals surface area contributed by atoms with Crippen LogP contribution in [-0.2, 0) is 0 Å². The highest BCUT2D eigenvalue weighted by atomic mass is 16.5. The highest BCUT2D eigenvalue weighted by Crippen LogP contribution is 2.42. The number of para-hydroxylation sites is 1. The summed E-state index contributed by atoms with van der Waals surface area (Å²) in [6.45, 7) is 18.0. The van der Waals surface area contributed by atoms with Crippen LogP contribution in [0.5, 0.6) is 11.5 Å². The van der Waals surface area contributed by atoms with Crippen LogP contribution in [0.4, 0.5) is 11.4 Å². The maximum Gasteiger partial charge on any atom is 0.125 e. The Morgan fingerprint density at radius 2 is 1.09 bits per heavy atom. The van der Waals surface area contributed by atoms with E-state index in [1.54, 1.807) is 0 Å². The zero-order chi connectivity index (χ0) is 25.2. The molecule has 0 aliphatic carbocycles. The van der Waals surface area contributed by atoms with Gasteiger partial charge in [-0.05, 0) is 71.4 Å². The molecule has 1 atom stereocenters. The van der Waals surface area contributed by atoms with Gasteiger partial charge in [-0.15, -0.1) is 0 Å². The Kier molecular flexibility index (Phi) is 9.89. The summed E-state index contributed by atoms with van der Waals surface area (Å²) in [7, 11) is 0. The van der Waals surface area contributed by atoms with Crippen LogP contribution in [0.3, 0.4) is 0 Å². The van der Waals surface area contributed by atoms with E-state index in [4.69, 9.17) is 9.47 Å². The van der Waals surface area contributed by atoms with Crippen molar-refractivity contribution in [1.82, 2.24) is 0 Å². The molecule has 0 aromatic heterocycles. The fourth-order valence-electron chi connectivity index (χ4n) is 4.83. The van der Waals surface area contributed by atoms with Gasteiger partial charge in [-0.1, -0.05) is 36.4 Å². The van der Waals surface area contributed by atoms with E-state index in [9.17, 15) is 0 Å². The lowest BCUT2D eigenvalue weighted by atomic mass is 9.83. The van der Waals surface area contributed by atoms with Gasteiger partial charge in [-0.2, -0.15) is 0 Å². The third-order valence-corrected chi connectivity index (χ3v) is 6.62. The number of hydrogen-bond donors (Lipinski definition) is 0. The molecule has 3 rings (SSSR count). The van der Waals surface area contributed by atoms with Crippen molar-refractivity contribution < 1.29 is 9.47 Å². The lowest BCUT2D eigenvalue weighted by Gasteiger charge is -2.27. The third-order valence-electron chi connectivity index (χ3n) is 6.62. The first kappa shape index (κ1) is 26.5. The quantitative estimate of drug-likeness (QED) is 0.242. The van der Waals surface area contributed by atoms with Crippen LogP contribution < -0.4 is 19.3 Å². The van der Waals surface area contributed by atoms with Gasteiger partial charge < -0.3 is 19.3 Å². The third kappa shape index (κ3) is 6.11. The summed E-state index contributed by atoms with van der Waals surface area (Å²) in [6, 6.07) is 24.1. The van der Waals surface area contributed by atoms with Crippen molar-refractivity contribution in [3.63, 3.8) is 0 Å². The molecule has 4 heteroatoms. The Bertz CT molecular complexity index is 1040. The predicted molar refractivity (Wildman–Crippen MR) is 150 cm³/mol. The first-order chi connectivity index (χ1) is 17.1. The van der Waals surface area contributed by atoms with Gasteiger partial charge in [0.05, 0.1) is 13.2 Å². The van der Waals surface area contributed by atoms with Gasteiger partial charge in [0.2, 0.25) is 0 Å². The van der Waals surface area contributed by atoms with Crippen molar-refractivity contribution in [3.8, 4) is 11.5 Å². The van der Waals surface area contributed by atoms with Crippen LogP contribution in [0.2, 0.25) is 0 Å². The largest absolute Gasteiger partial charge is 0.494 e. The molecule has 0 aliphatic rings. The maximum atomic E-state index is 6.26. The zero-order valence-electron chi connectivity index (χ0n) is 22.4. The van der Waals surface area contributed by atoms with Gasteiger partial charge >= 0.3 is 0 Å². The van der Waals surface area contributed by atoms with Crippen molar-refractivity contribution in [2.45, 2.75) is 47.5 Å². The van der Waals surface area contributed by atoms with Crippen molar-refractivity contribution in [1.29, 1.82) is 0 Å². The molecule has 0 saturated carbocycles. The van der Waals surface area contributed by atoms with E-state index in [-0.39, 0.29) is 5.92 Å². The minimum absolute atomic E-state index is 0.00388. The number of nitrogens with zero attached hydrogens (tertiary/aromatic N) is 2. The molecule has 0 radical (unpaired) electrons. The summed E-state index contributed by atoms with van der Waals surface area (Å²) in [4.78, 5) is 4.73. The predicted octanol–water partition coefficient (Wildman–Crippen LogP) is 7.36. The zero-order valence-corrected chi connectivity index (χ0v) is 22.4. The second-order valence-electron chi connectivity index (χ2n) is 8.50. The Morgan fingerprint density at radius 1 is 0.571 bits per heavy atom. The van der Waals surface area contributed by atoms with Crippen LogP contribution in [0.1, 0.15) is 64.2 Å². The summed E-state index contributed by atoms with van der Waals surface area (Å²) in [5.41, 5.74) is 5.98. The Labute approximate surface area is 212 Å². The molecule has 3 aromatic carbocycles. The summed E-state index contributed by atoms with van der Waals surface area (Å²) in [6.07, 6.45) is 0. The van der Waals surface area contributed by atoms with Crippen LogP contribution in [0, 0.1) is 0 Å². The van der Waals surface area contributed by atoms with Crippen LogP contribution in [-0.4, -0.2) is 39.4 Å². The molecular weight excluding hydrogens is 432 g/mol. The molecule has 0 heterocycles. The normalized spacial score (nSPS) is 11.7. The van der Waals surface area contributed by atoms with Gasteiger partial charge in [-0.25, -0.2) is 0 Å². The van der Waals surface area contributed by atoms with E-state index >= 15 is 0 Å². The van der Waals surface area contributed by atoms with Crippen molar-refractivity contribution in [2.75, 3.05) is 49.2 Å². The van der Waals surface area contributed by atoms with Crippen molar-refractivity contribution in [3.05, 3.63) is 83.4 Å².